The van der Waals surface area contributed by atoms with Crippen LogP contribution in [0.2, 0.25) is 0 Å². The summed E-state index contributed by atoms with van der Waals surface area (Å²) in [6, 6.07) is 7.06. The van der Waals surface area contributed by atoms with Crippen molar-refractivity contribution in [2.45, 2.75) is 58.0 Å². The number of aryl methyl sites for hydroxylation is 1. The molecular weight excluding hydrogens is 346 g/mol. The third-order valence-corrected chi connectivity index (χ3v) is 4.56. The Hall–Kier alpha value is -2.70. The first-order valence-electron chi connectivity index (χ1n) is 9.56. The van der Waals surface area contributed by atoms with Gasteiger partial charge in [0.25, 0.3) is 11.5 Å². The summed E-state index contributed by atoms with van der Waals surface area (Å²) in [7, 11) is 0. The SMILES string of the molecule is CCCCCCn1nc(C(=O)OCC(=O)NC2CC2)c2ccccc2c1=O. The third-order valence-electron chi connectivity index (χ3n) is 4.56. The van der Waals surface area contributed by atoms with E-state index in [1.165, 1.54) is 4.68 Å². The van der Waals surface area contributed by atoms with Crippen molar-refractivity contribution >= 4 is 22.6 Å². The van der Waals surface area contributed by atoms with E-state index >= 15 is 0 Å². The number of esters is 1. The van der Waals surface area contributed by atoms with Gasteiger partial charge in [0.15, 0.2) is 12.3 Å². The Morgan fingerprint density at radius 3 is 2.63 bits per heavy atom. The molecule has 0 radical (unpaired) electrons. The maximum absolute atomic E-state index is 12.6. The van der Waals surface area contributed by atoms with Crippen molar-refractivity contribution in [3.8, 4) is 0 Å². The number of unbranched alkanes of at least 4 members (excludes halogenated alkanes) is 3. The largest absolute Gasteiger partial charge is 0.451 e. The topological polar surface area (TPSA) is 90.3 Å². The van der Waals surface area contributed by atoms with E-state index in [0.29, 0.717) is 17.3 Å². The minimum absolute atomic E-state index is 0.0694. The number of aromatic nitrogens is 2. The van der Waals surface area contributed by atoms with E-state index in [2.05, 4.69) is 17.3 Å². The van der Waals surface area contributed by atoms with Gasteiger partial charge in [-0.25, -0.2) is 9.48 Å². The van der Waals surface area contributed by atoms with Crippen molar-refractivity contribution in [2.24, 2.45) is 0 Å². The van der Waals surface area contributed by atoms with Crippen molar-refractivity contribution in [2.75, 3.05) is 6.61 Å². The number of hydrogen-bond acceptors (Lipinski definition) is 5. The fourth-order valence-electron chi connectivity index (χ4n) is 2.92. The van der Waals surface area contributed by atoms with Gasteiger partial charge in [0, 0.05) is 18.0 Å². The quantitative estimate of drug-likeness (QED) is 0.540. The number of fused-ring (bicyclic) bond motifs is 1. The van der Waals surface area contributed by atoms with Crippen LogP contribution in [0.1, 0.15) is 55.9 Å². The molecule has 144 valence electrons. The molecule has 1 fully saturated rings. The Labute approximate surface area is 157 Å². The average Bonchev–Trinajstić information content (AvgIpc) is 3.49. The predicted molar refractivity (Wildman–Crippen MR) is 102 cm³/mol. The molecule has 27 heavy (non-hydrogen) atoms. The number of rotatable bonds is 9. The summed E-state index contributed by atoms with van der Waals surface area (Å²) in [4.78, 5) is 36.9. The Bertz CT molecular complexity index is 886. The summed E-state index contributed by atoms with van der Waals surface area (Å²) < 4.78 is 6.47. The molecule has 7 heteroatoms. The van der Waals surface area contributed by atoms with Crippen LogP contribution >= 0.6 is 0 Å². The van der Waals surface area contributed by atoms with Crippen LogP contribution in [0.5, 0.6) is 0 Å². The van der Waals surface area contributed by atoms with Crippen molar-refractivity contribution in [1.82, 2.24) is 15.1 Å². The zero-order chi connectivity index (χ0) is 19.2. The van der Waals surface area contributed by atoms with E-state index in [1.807, 2.05) is 0 Å². The molecule has 1 aliphatic carbocycles. The molecule has 0 aliphatic heterocycles. The maximum atomic E-state index is 12.6. The van der Waals surface area contributed by atoms with E-state index in [4.69, 9.17) is 4.74 Å². The Kier molecular flexibility index (Phi) is 6.21. The molecule has 0 bridgehead atoms. The van der Waals surface area contributed by atoms with Crippen LogP contribution in [-0.2, 0) is 16.1 Å². The highest BCUT2D eigenvalue weighted by atomic mass is 16.5. The lowest BCUT2D eigenvalue weighted by atomic mass is 10.1. The smallest absolute Gasteiger partial charge is 0.359 e. The highest BCUT2D eigenvalue weighted by Gasteiger charge is 2.24. The highest BCUT2D eigenvalue weighted by Crippen LogP contribution is 2.18. The molecule has 1 heterocycles. The van der Waals surface area contributed by atoms with E-state index in [0.717, 1.165) is 38.5 Å². The van der Waals surface area contributed by atoms with Crippen LogP contribution in [-0.4, -0.2) is 34.3 Å². The summed E-state index contributed by atoms with van der Waals surface area (Å²) in [5.74, 6) is -1.01. The molecule has 0 saturated heterocycles. The standard InChI is InChI=1S/C20H25N3O4/c1-2-3-4-7-12-23-19(25)16-9-6-5-8-15(16)18(22-23)20(26)27-13-17(24)21-14-10-11-14/h5-6,8-9,14H,2-4,7,10-13H2,1H3,(H,21,24). The number of carbonyl (C=O) groups excluding carboxylic acids is 2. The van der Waals surface area contributed by atoms with Crippen LogP contribution in [0.4, 0.5) is 0 Å². The van der Waals surface area contributed by atoms with Gasteiger partial charge in [0.1, 0.15) is 0 Å². The lowest BCUT2D eigenvalue weighted by Crippen LogP contribution is -2.31. The zero-order valence-electron chi connectivity index (χ0n) is 15.6. The first kappa shape index (κ1) is 19.1. The van der Waals surface area contributed by atoms with Crippen LogP contribution in [0.15, 0.2) is 29.1 Å². The number of hydrogen-bond donors (Lipinski definition) is 1. The first-order chi connectivity index (χ1) is 13.1. The fraction of sp³-hybridized carbons (Fsp3) is 0.500. The Morgan fingerprint density at radius 1 is 1.19 bits per heavy atom. The Morgan fingerprint density at radius 2 is 1.93 bits per heavy atom. The summed E-state index contributed by atoms with van der Waals surface area (Å²) in [6.07, 6.45) is 5.94. The molecule has 0 unspecified atom stereocenters. The van der Waals surface area contributed by atoms with Gasteiger partial charge in [-0.3, -0.25) is 9.59 Å². The normalized spacial score (nSPS) is 13.5. The molecule has 1 aromatic heterocycles. The number of benzene rings is 1. The lowest BCUT2D eigenvalue weighted by molar-refractivity contribution is -0.124. The maximum Gasteiger partial charge on any atom is 0.359 e. The second-order valence-corrected chi connectivity index (χ2v) is 6.90. The van der Waals surface area contributed by atoms with Crippen LogP contribution < -0.4 is 10.9 Å². The number of ether oxygens (including phenoxy) is 1. The molecule has 3 rings (SSSR count). The van der Waals surface area contributed by atoms with Gasteiger partial charge in [-0.05, 0) is 25.3 Å². The van der Waals surface area contributed by atoms with Gasteiger partial charge in [0.05, 0.1) is 5.39 Å². The van der Waals surface area contributed by atoms with E-state index in [9.17, 15) is 14.4 Å². The van der Waals surface area contributed by atoms with E-state index in [1.54, 1.807) is 24.3 Å². The molecule has 0 spiro atoms. The minimum atomic E-state index is -0.695. The molecule has 1 N–H and O–H groups in total. The van der Waals surface area contributed by atoms with E-state index in [-0.39, 0.29) is 29.8 Å². The molecule has 7 nitrogen and oxygen atoms in total. The third kappa shape index (κ3) is 4.93. The number of nitrogens with one attached hydrogen (secondary N) is 1. The van der Waals surface area contributed by atoms with Crippen molar-refractivity contribution in [3.63, 3.8) is 0 Å². The predicted octanol–water partition coefficient (Wildman–Crippen LogP) is 2.41. The average molecular weight is 371 g/mol. The van der Waals surface area contributed by atoms with Crippen LogP contribution in [0, 0.1) is 0 Å². The zero-order valence-corrected chi connectivity index (χ0v) is 15.6. The molecule has 1 amide bonds. The molecule has 0 atom stereocenters. The number of carbonyl (C=O) groups is 2. The van der Waals surface area contributed by atoms with Crippen molar-refractivity contribution < 1.29 is 14.3 Å². The fourth-order valence-corrected chi connectivity index (χ4v) is 2.92. The van der Waals surface area contributed by atoms with Gasteiger partial charge >= 0.3 is 5.97 Å². The van der Waals surface area contributed by atoms with Crippen molar-refractivity contribution in [3.05, 3.63) is 40.3 Å². The van der Waals surface area contributed by atoms with Gasteiger partial charge in [-0.1, -0.05) is 44.4 Å². The minimum Gasteiger partial charge on any atom is -0.451 e. The molecule has 2 aromatic rings. The summed E-state index contributed by atoms with van der Waals surface area (Å²) in [6.45, 7) is 2.22. The molecule has 1 saturated carbocycles. The molecule has 1 aliphatic rings. The van der Waals surface area contributed by atoms with Crippen LogP contribution in [0.3, 0.4) is 0 Å². The van der Waals surface area contributed by atoms with Crippen molar-refractivity contribution in [1.29, 1.82) is 0 Å². The first-order valence-corrected chi connectivity index (χ1v) is 9.56. The summed E-state index contributed by atoms with van der Waals surface area (Å²) in [5.41, 5.74) is -0.148. The van der Waals surface area contributed by atoms with Crippen LogP contribution in [0.25, 0.3) is 10.8 Å². The second-order valence-electron chi connectivity index (χ2n) is 6.90. The monoisotopic (exact) mass is 371 g/mol. The summed E-state index contributed by atoms with van der Waals surface area (Å²) >= 11 is 0. The number of nitrogens with zero attached hydrogens (tertiary/aromatic N) is 2. The Balaban J connectivity index is 1.79. The van der Waals surface area contributed by atoms with Gasteiger partial charge < -0.3 is 10.1 Å². The number of amides is 1. The van der Waals surface area contributed by atoms with Gasteiger partial charge in [-0.15, -0.1) is 0 Å². The highest BCUT2D eigenvalue weighted by molar-refractivity contribution is 6.02. The van der Waals surface area contributed by atoms with E-state index < -0.39 is 5.97 Å². The lowest BCUT2D eigenvalue weighted by Gasteiger charge is -2.11. The molecular formula is C20H25N3O4. The second kappa shape index (κ2) is 8.79. The van der Waals surface area contributed by atoms with Gasteiger partial charge in [-0.2, -0.15) is 5.10 Å². The molecule has 1 aromatic carbocycles. The van der Waals surface area contributed by atoms with Gasteiger partial charge in [0.2, 0.25) is 0 Å². The summed E-state index contributed by atoms with van der Waals surface area (Å²) in [5, 5.41) is 7.89.